The lowest BCUT2D eigenvalue weighted by Gasteiger charge is -2.35. The first-order chi connectivity index (χ1) is 12.0. The van der Waals surface area contributed by atoms with Crippen molar-refractivity contribution in [3.05, 3.63) is 0 Å². The highest BCUT2D eigenvalue weighted by Crippen LogP contribution is 2.05. The first-order valence-corrected chi connectivity index (χ1v) is 10.0. The van der Waals surface area contributed by atoms with Gasteiger partial charge in [0.1, 0.15) is 0 Å². The highest BCUT2D eigenvalue weighted by Gasteiger charge is 2.17. The Balaban J connectivity index is 0.00000625. The molecule has 0 radical (unpaired) electrons. The van der Waals surface area contributed by atoms with Gasteiger partial charge in [-0.3, -0.25) is 4.99 Å². The van der Waals surface area contributed by atoms with Crippen molar-refractivity contribution < 1.29 is 4.74 Å². The molecule has 1 aliphatic heterocycles. The second kappa shape index (κ2) is 15.9. The number of guanidine groups is 1. The fraction of sp³-hybridized carbons (Fsp3) is 0.947. The van der Waals surface area contributed by atoms with E-state index in [1.807, 2.05) is 7.05 Å². The van der Waals surface area contributed by atoms with E-state index in [1.165, 1.54) is 32.7 Å². The molecule has 0 aliphatic carbocycles. The van der Waals surface area contributed by atoms with Gasteiger partial charge in [-0.2, -0.15) is 0 Å². The largest absolute Gasteiger partial charge is 0.381 e. The molecule has 0 bridgehead atoms. The van der Waals surface area contributed by atoms with Crippen molar-refractivity contribution in [3.8, 4) is 0 Å². The maximum Gasteiger partial charge on any atom is 0.190 e. The van der Waals surface area contributed by atoms with Crippen LogP contribution < -0.4 is 10.6 Å². The molecule has 1 unspecified atom stereocenters. The molecule has 1 heterocycles. The van der Waals surface area contributed by atoms with Gasteiger partial charge in [0.25, 0.3) is 0 Å². The van der Waals surface area contributed by atoms with Crippen LogP contribution in [0.5, 0.6) is 0 Å². The van der Waals surface area contributed by atoms with Crippen LogP contribution >= 0.6 is 24.0 Å². The Labute approximate surface area is 178 Å². The zero-order valence-corrected chi connectivity index (χ0v) is 19.9. The smallest absolute Gasteiger partial charge is 0.190 e. The van der Waals surface area contributed by atoms with Gasteiger partial charge in [0.15, 0.2) is 5.96 Å². The standard InChI is InChI=1S/C19H41N5O.HI/c1-6-23-9-11-24(12-10-23)15-18(4)14-22-19(20-5)21-8-7-13-25-16-17(2)3;/h17-18H,6-16H2,1-5H3,(H2,20,21,22);1H. The molecule has 0 amide bonds. The van der Waals surface area contributed by atoms with Gasteiger partial charge < -0.3 is 25.2 Å². The molecule has 0 saturated carbocycles. The topological polar surface area (TPSA) is 52.1 Å². The summed E-state index contributed by atoms with van der Waals surface area (Å²) in [4.78, 5) is 9.42. The van der Waals surface area contributed by atoms with E-state index in [-0.39, 0.29) is 24.0 Å². The van der Waals surface area contributed by atoms with Gasteiger partial charge >= 0.3 is 0 Å². The van der Waals surface area contributed by atoms with Gasteiger partial charge in [-0.05, 0) is 24.8 Å². The lowest BCUT2D eigenvalue weighted by Crippen LogP contribution is -2.48. The van der Waals surface area contributed by atoms with Crippen molar-refractivity contribution in [2.24, 2.45) is 16.8 Å². The molecule has 0 aromatic carbocycles. The summed E-state index contributed by atoms with van der Waals surface area (Å²) in [7, 11) is 1.83. The lowest BCUT2D eigenvalue weighted by molar-refractivity contribution is 0.108. The Morgan fingerprint density at radius 2 is 1.73 bits per heavy atom. The molecule has 0 spiro atoms. The SMILES string of the molecule is CCN1CCN(CC(C)CNC(=NC)NCCCOCC(C)C)CC1.I. The molecule has 26 heavy (non-hydrogen) atoms. The van der Waals surface area contributed by atoms with Gasteiger partial charge in [0.2, 0.25) is 0 Å². The number of rotatable bonds is 11. The van der Waals surface area contributed by atoms with Gasteiger partial charge in [0.05, 0.1) is 0 Å². The highest BCUT2D eigenvalue weighted by atomic mass is 127. The molecule has 0 aromatic rings. The van der Waals surface area contributed by atoms with Crippen molar-refractivity contribution in [2.75, 3.05) is 72.6 Å². The fourth-order valence-corrected chi connectivity index (χ4v) is 2.98. The maximum atomic E-state index is 5.60. The summed E-state index contributed by atoms with van der Waals surface area (Å²) in [6.45, 7) is 19.6. The third kappa shape index (κ3) is 12.3. The van der Waals surface area contributed by atoms with Crippen LogP contribution in [0.1, 0.15) is 34.1 Å². The van der Waals surface area contributed by atoms with E-state index in [2.05, 4.69) is 53.1 Å². The maximum absolute atomic E-state index is 5.60. The molecule has 2 N–H and O–H groups in total. The second-order valence-electron chi connectivity index (χ2n) is 7.54. The molecule has 0 aromatic heterocycles. The minimum Gasteiger partial charge on any atom is -0.381 e. The van der Waals surface area contributed by atoms with Crippen LogP contribution in [0.15, 0.2) is 4.99 Å². The number of nitrogens with zero attached hydrogens (tertiary/aromatic N) is 3. The second-order valence-corrected chi connectivity index (χ2v) is 7.54. The van der Waals surface area contributed by atoms with Crippen molar-refractivity contribution in [1.82, 2.24) is 20.4 Å². The average molecular weight is 483 g/mol. The van der Waals surface area contributed by atoms with E-state index < -0.39 is 0 Å². The van der Waals surface area contributed by atoms with E-state index in [0.717, 1.165) is 45.2 Å². The summed E-state index contributed by atoms with van der Waals surface area (Å²) in [5.41, 5.74) is 0. The number of aliphatic imine (C=N–C) groups is 1. The van der Waals surface area contributed by atoms with Gasteiger partial charge in [-0.1, -0.05) is 27.7 Å². The number of ether oxygens (including phenoxy) is 1. The highest BCUT2D eigenvalue weighted by molar-refractivity contribution is 14.0. The van der Waals surface area contributed by atoms with Crippen LogP contribution in [-0.2, 0) is 4.74 Å². The molecular weight excluding hydrogens is 441 g/mol. The first kappa shape index (κ1) is 25.9. The molecule has 1 aliphatic rings. The molecule has 1 fully saturated rings. The Kier molecular flexibility index (Phi) is 15.8. The van der Waals surface area contributed by atoms with E-state index in [0.29, 0.717) is 11.8 Å². The average Bonchev–Trinajstić information content (AvgIpc) is 2.60. The van der Waals surface area contributed by atoms with E-state index in [4.69, 9.17) is 4.74 Å². The fourth-order valence-electron chi connectivity index (χ4n) is 2.98. The predicted molar refractivity (Wildman–Crippen MR) is 123 cm³/mol. The van der Waals surface area contributed by atoms with Crippen LogP contribution in [0.3, 0.4) is 0 Å². The molecule has 156 valence electrons. The van der Waals surface area contributed by atoms with Crippen LogP contribution in [-0.4, -0.2) is 88.4 Å². The quantitative estimate of drug-likeness (QED) is 0.204. The molecule has 1 saturated heterocycles. The van der Waals surface area contributed by atoms with Crippen LogP contribution in [0.2, 0.25) is 0 Å². The molecular formula is C19H42IN5O. The van der Waals surface area contributed by atoms with Crippen molar-refractivity contribution in [3.63, 3.8) is 0 Å². The lowest BCUT2D eigenvalue weighted by atomic mass is 10.1. The third-order valence-electron chi connectivity index (χ3n) is 4.53. The van der Waals surface area contributed by atoms with Crippen molar-refractivity contribution in [2.45, 2.75) is 34.1 Å². The van der Waals surface area contributed by atoms with Crippen LogP contribution in [0.4, 0.5) is 0 Å². The summed E-state index contributed by atoms with van der Waals surface area (Å²) < 4.78 is 5.60. The molecule has 6 nitrogen and oxygen atoms in total. The van der Waals surface area contributed by atoms with Crippen molar-refractivity contribution >= 4 is 29.9 Å². The Bertz CT molecular complexity index is 360. The minimum absolute atomic E-state index is 0. The first-order valence-electron chi connectivity index (χ1n) is 10.0. The number of nitrogens with one attached hydrogen (secondary N) is 2. The number of likely N-dealkylation sites (N-methyl/N-ethyl adjacent to an activating group) is 1. The predicted octanol–water partition coefficient (Wildman–Crippen LogP) is 2.11. The van der Waals surface area contributed by atoms with Gasteiger partial charge in [-0.15, -0.1) is 24.0 Å². The number of hydrogen-bond acceptors (Lipinski definition) is 4. The summed E-state index contributed by atoms with van der Waals surface area (Å²) in [6.07, 6.45) is 1.00. The van der Waals surface area contributed by atoms with Gasteiger partial charge in [0, 0.05) is 66.1 Å². The van der Waals surface area contributed by atoms with E-state index in [1.54, 1.807) is 0 Å². The Morgan fingerprint density at radius 1 is 1.08 bits per heavy atom. The summed E-state index contributed by atoms with van der Waals surface area (Å²) >= 11 is 0. The zero-order valence-electron chi connectivity index (χ0n) is 17.6. The Hall–Kier alpha value is -0.120. The summed E-state index contributed by atoms with van der Waals surface area (Å²) in [5.74, 6) is 2.11. The molecule has 1 rings (SSSR count). The van der Waals surface area contributed by atoms with Crippen molar-refractivity contribution in [1.29, 1.82) is 0 Å². The number of hydrogen-bond donors (Lipinski definition) is 2. The Morgan fingerprint density at radius 3 is 2.31 bits per heavy atom. The minimum atomic E-state index is 0. The number of halogens is 1. The van der Waals surface area contributed by atoms with Crippen LogP contribution in [0, 0.1) is 11.8 Å². The summed E-state index contributed by atoms with van der Waals surface area (Å²) in [5, 5.41) is 6.82. The van der Waals surface area contributed by atoms with E-state index in [9.17, 15) is 0 Å². The third-order valence-corrected chi connectivity index (χ3v) is 4.53. The van der Waals surface area contributed by atoms with Gasteiger partial charge in [-0.25, -0.2) is 0 Å². The summed E-state index contributed by atoms with van der Waals surface area (Å²) in [6, 6.07) is 0. The monoisotopic (exact) mass is 483 g/mol. The van der Waals surface area contributed by atoms with E-state index >= 15 is 0 Å². The normalized spacial score (nSPS) is 17.8. The molecule has 1 atom stereocenters. The zero-order chi connectivity index (χ0) is 18.5. The number of piperazine rings is 1. The van der Waals surface area contributed by atoms with Crippen LogP contribution in [0.25, 0.3) is 0 Å². The molecule has 7 heteroatoms.